The van der Waals surface area contributed by atoms with Gasteiger partial charge in [0.25, 0.3) is 0 Å². The summed E-state index contributed by atoms with van der Waals surface area (Å²) in [5.74, 6) is 0.329. The van der Waals surface area contributed by atoms with E-state index in [4.69, 9.17) is 23.2 Å². The predicted octanol–water partition coefficient (Wildman–Crippen LogP) is 3.05. The van der Waals surface area contributed by atoms with Crippen LogP contribution >= 0.6 is 23.2 Å². The van der Waals surface area contributed by atoms with Gasteiger partial charge in [-0.15, -0.1) is 0 Å². The number of hydrogen-bond acceptors (Lipinski definition) is 3. The molecule has 140 valence electrons. The van der Waals surface area contributed by atoms with E-state index in [2.05, 4.69) is 5.32 Å². The van der Waals surface area contributed by atoms with E-state index in [1.165, 1.54) is 10.4 Å². The standard InChI is InChI=1S/C16H23Cl2N3O3S/c1-11(2)12(3)19-16(22)20-7-9-21(10-8-20)25(23,24)14-6-4-5-13(17)15(14)18/h4-6,11-12H,7-10H2,1-3H3,(H,19,22). The van der Waals surface area contributed by atoms with Crippen molar-refractivity contribution in [2.24, 2.45) is 5.92 Å². The van der Waals surface area contributed by atoms with Crippen LogP contribution in [0.1, 0.15) is 20.8 Å². The summed E-state index contributed by atoms with van der Waals surface area (Å²) in [6.45, 7) is 7.10. The van der Waals surface area contributed by atoms with Gasteiger partial charge in [0, 0.05) is 32.2 Å². The molecule has 9 heteroatoms. The normalized spacial score (nSPS) is 17.6. The number of rotatable bonds is 4. The molecule has 1 unspecified atom stereocenters. The average Bonchev–Trinajstić information content (AvgIpc) is 2.57. The van der Waals surface area contributed by atoms with E-state index in [0.717, 1.165) is 0 Å². The molecular weight excluding hydrogens is 385 g/mol. The van der Waals surface area contributed by atoms with E-state index < -0.39 is 10.0 Å². The van der Waals surface area contributed by atoms with Crippen LogP contribution in [0.5, 0.6) is 0 Å². The molecule has 2 amide bonds. The van der Waals surface area contributed by atoms with Gasteiger partial charge < -0.3 is 10.2 Å². The third kappa shape index (κ3) is 4.58. The van der Waals surface area contributed by atoms with Crippen molar-refractivity contribution < 1.29 is 13.2 Å². The SMILES string of the molecule is CC(C)C(C)NC(=O)N1CCN(S(=O)(=O)c2cccc(Cl)c2Cl)CC1. The predicted molar refractivity (Wildman–Crippen MR) is 99.6 cm³/mol. The molecule has 6 nitrogen and oxygen atoms in total. The van der Waals surface area contributed by atoms with Crippen molar-refractivity contribution in [2.75, 3.05) is 26.2 Å². The summed E-state index contributed by atoms with van der Waals surface area (Å²) in [6.07, 6.45) is 0. The summed E-state index contributed by atoms with van der Waals surface area (Å²) in [5, 5.41) is 3.15. The largest absolute Gasteiger partial charge is 0.335 e. The maximum absolute atomic E-state index is 12.8. The van der Waals surface area contributed by atoms with Crippen molar-refractivity contribution in [1.29, 1.82) is 0 Å². The number of hydrogen-bond donors (Lipinski definition) is 1. The molecule has 0 saturated carbocycles. The van der Waals surface area contributed by atoms with E-state index in [9.17, 15) is 13.2 Å². The number of halogens is 2. The number of piperazine rings is 1. The molecule has 0 aromatic heterocycles. The van der Waals surface area contributed by atoms with Gasteiger partial charge >= 0.3 is 6.03 Å². The third-order valence-electron chi connectivity index (χ3n) is 4.41. The summed E-state index contributed by atoms with van der Waals surface area (Å²) in [4.78, 5) is 13.9. The van der Waals surface area contributed by atoms with Crippen LogP contribution in [0.4, 0.5) is 4.79 Å². The summed E-state index contributed by atoms with van der Waals surface area (Å²) >= 11 is 12.0. The van der Waals surface area contributed by atoms with Crippen LogP contribution in [-0.4, -0.2) is 55.9 Å². The minimum Gasteiger partial charge on any atom is -0.335 e. The zero-order valence-corrected chi connectivity index (χ0v) is 16.8. The van der Waals surface area contributed by atoms with Crippen molar-refractivity contribution in [3.63, 3.8) is 0 Å². The van der Waals surface area contributed by atoms with Crippen LogP contribution in [0.2, 0.25) is 10.0 Å². The van der Waals surface area contributed by atoms with Crippen LogP contribution in [0.25, 0.3) is 0 Å². The minimum atomic E-state index is -3.74. The van der Waals surface area contributed by atoms with E-state index in [0.29, 0.717) is 19.0 Å². The van der Waals surface area contributed by atoms with E-state index >= 15 is 0 Å². The molecule has 0 aliphatic carbocycles. The van der Waals surface area contributed by atoms with Gasteiger partial charge in [0.1, 0.15) is 4.90 Å². The Morgan fingerprint density at radius 1 is 1.12 bits per heavy atom. The first-order valence-electron chi connectivity index (χ1n) is 8.14. The highest BCUT2D eigenvalue weighted by Gasteiger charge is 2.32. The highest BCUT2D eigenvalue weighted by atomic mass is 35.5. The molecule has 1 aliphatic rings. The first-order valence-corrected chi connectivity index (χ1v) is 10.3. The molecule has 1 aromatic rings. The molecule has 1 heterocycles. The Hall–Kier alpha value is -1.02. The Balaban J connectivity index is 2.04. The molecular formula is C16H23Cl2N3O3S. The van der Waals surface area contributed by atoms with Crippen LogP contribution < -0.4 is 5.32 Å². The van der Waals surface area contributed by atoms with E-state index in [1.807, 2.05) is 20.8 Å². The maximum atomic E-state index is 12.8. The molecule has 0 radical (unpaired) electrons. The van der Waals surface area contributed by atoms with E-state index in [1.54, 1.807) is 17.0 Å². The molecule has 25 heavy (non-hydrogen) atoms. The van der Waals surface area contributed by atoms with Crippen LogP contribution in [0.3, 0.4) is 0 Å². The summed E-state index contributed by atoms with van der Waals surface area (Å²) in [5.41, 5.74) is 0. The second-order valence-corrected chi connectivity index (χ2v) is 9.12. The van der Waals surface area contributed by atoms with Crippen molar-refractivity contribution in [1.82, 2.24) is 14.5 Å². The number of nitrogens with zero attached hydrogens (tertiary/aromatic N) is 2. The Bertz CT molecular complexity index is 732. The summed E-state index contributed by atoms with van der Waals surface area (Å²) < 4.78 is 26.9. The van der Waals surface area contributed by atoms with Crippen molar-refractivity contribution in [3.8, 4) is 0 Å². The Morgan fingerprint density at radius 3 is 2.28 bits per heavy atom. The van der Waals surface area contributed by atoms with Crippen LogP contribution in [-0.2, 0) is 10.0 Å². The molecule has 1 fully saturated rings. The number of amides is 2. The van der Waals surface area contributed by atoms with Gasteiger partial charge in [-0.2, -0.15) is 4.31 Å². The van der Waals surface area contributed by atoms with Crippen molar-refractivity contribution in [3.05, 3.63) is 28.2 Å². The lowest BCUT2D eigenvalue weighted by atomic mass is 10.1. The first-order chi connectivity index (χ1) is 11.6. The van der Waals surface area contributed by atoms with Crippen molar-refractivity contribution >= 4 is 39.3 Å². The number of urea groups is 1. The first kappa shape index (κ1) is 20.3. The van der Waals surface area contributed by atoms with Gasteiger partial charge in [-0.25, -0.2) is 13.2 Å². The molecule has 1 N–H and O–H groups in total. The van der Waals surface area contributed by atoms with Gasteiger partial charge in [0.05, 0.1) is 10.0 Å². The molecule has 0 spiro atoms. The molecule has 1 aliphatic heterocycles. The molecule has 1 aromatic carbocycles. The Morgan fingerprint density at radius 2 is 1.72 bits per heavy atom. The van der Waals surface area contributed by atoms with Crippen molar-refractivity contribution in [2.45, 2.75) is 31.7 Å². The maximum Gasteiger partial charge on any atom is 0.317 e. The number of benzene rings is 1. The van der Waals surface area contributed by atoms with Gasteiger partial charge in [0.15, 0.2) is 0 Å². The number of carbonyl (C=O) groups excluding carboxylic acids is 1. The van der Waals surface area contributed by atoms with Gasteiger partial charge in [-0.05, 0) is 25.0 Å². The molecule has 2 rings (SSSR count). The van der Waals surface area contributed by atoms with Gasteiger partial charge in [0.2, 0.25) is 10.0 Å². The monoisotopic (exact) mass is 407 g/mol. The summed E-state index contributed by atoms with van der Waals surface area (Å²) in [7, 11) is -3.74. The average molecular weight is 408 g/mol. The molecule has 1 saturated heterocycles. The quantitative estimate of drug-likeness (QED) is 0.833. The Labute approximate surface area is 159 Å². The fraction of sp³-hybridized carbons (Fsp3) is 0.562. The zero-order valence-electron chi connectivity index (χ0n) is 14.5. The van der Waals surface area contributed by atoms with Crippen LogP contribution in [0.15, 0.2) is 23.1 Å². The van der Waals surface area contributed by atoms with Gasteiger partial charge in [-0.3, -0.25) is 0 Å². The third-order valence-corrected chi connectivity index (χ3v) is 7.28. The smallest absolute Gasteiger partial charge is 0.317 e. The second-order valence-electron chi connectivity index (χ2n) is 6.43. The lowest BCUT2D eigenvalue weighted by molar-refractivity contribution is 0.167. The van der Waals surface area contributed by atoms with E-state index in [-0.39, 0.29) is 40.1 Å². The van der Waals surface area contributed by atoms with Gasteiger partial charge in [-0.1, -0.05) is 43.1 Å². The minimum absolute atomic E-state index is 0.00648. The number of nitrogens with one attached hydrogen (secondary N) is 1. The molecule has 1 atom stereocenters. The highest BCUT2D eigenvalue weighted by molar-refractivity contribution is 7.89. The Kier molecular flexibility index (Phi) is 6.59. The van der Waals surface area contributed by atoms with Crippen LogP contribution in [0, 0.1) is 5.92 Å². The fourth-order valence-corrected chi connectivity index (χ4v) is 4.56. The molecule has 0 bridgehead atoms. The number of sulfonamides is 1. The lowest BCUT2D eigenvalue weighted by Gasteiger charge is -2.35. The highest BCUT2D eigenvalue weighted by Crippen LogP contribution is 2.31. The summed E-state index contributed by atoms with van der Waals surface area (Å²) in [6, 6.07) is 4.42. The fourth-order valence-electron chi connectivity index (χ4n) is 2.41. The zero-order chi connectivity index (χ0) is 18.8. The topological polar surface area (TPSA) is 69.7 Å². The lowest BCUT2D eigenvalue weighted by Crippen LogP contribution is -2.54. The number of carbonyl (C=O) groups is 1. The second kappa shape index (κ2) is 8.12.